The molecule has 22 heavy (non-hydrogen) atoms. The van der Waals surface area contributed by atoms with Crippen molar-refractivity contribution >= 4 is 21.9 Å². The van der Waals surface area contributed by atoms with Crippen LogP contribution in [0.4, 0.5) is 0 Å². The molecular weight excluding hydrogens is 316 g/mol. The molecule has 1 aliphatic heterocycles. The van der Waals surface area contributed by atoms with Gasteiger partial charge < -0.3 is 19.2 Å². The van der Waals surface area contributed by atoms with Crippen molar-refractivity contribution in [1.29, 1.82) is 0 Å². The zero-order chi connectivity index (χ0) is 16.7. The Morgan fingerprint density at radius 2 is 2.05 bits per heavy atom. The van der Waals surface area contributed by atoms with Crippen molar-refractivity contribution in [3.05, 3.63) is 17.6 Å². The Kier molecular flexibility index (Phi) is 4.27. The fourth-order valence-corrected chi connectivity index (χ4v) is 2.98. The summed E-state index contributed by atoms with van der Waals surface area (Å²) in [6.07, 6.45) is -1.60. The van der Waals surface area contributed by atoms with Gasteiger partial charge in [-0.05, 0) is 13.8 Å². The van der Waals surface area contributed by atoms with Gasteiger partial charge in [0.15, 0.2) is 11.9 Å². The van der Waals surface area contributed by atoms with Gasteiger partial charge in [-0.15, -0.1) is 0 Å². The van der Waals surface area contributed by atoms with Crippen LogP contribution in [0.25, 0.3) is 0 Å². The van der Waals surface area contributed by atoms with Crippen molar-refractivity contribution in [3.63, 3.8) is 0 Å². The molecule has 2 rings (SSSR count). The molecule has 0 spiro atoms. The molecule has 0 radical (unpaired) electrons. The lowest BCUT2D eigenvalue weighted by Gasteiger charge is -2.34. The number of hydrogen-bond donors (Lipinski definition) is 2. The molecule has 9 nitrogen and oxygen atoms in total. The number of morpholine rings is 1. The van der Waals surface area contributed by atoms with E-state index in [-0.39, 0.29) is 29.5 Å². The number of carboxylic acid groups (broad SMARTS) is 1. The van der Waals surface area contributed by atoms with Crippen LogP contribution in [-0.4, -0.2) is 55.6 Å². The standard InChI is InChI=1S/C12H16N2O7S/c1-6-4-14(5-9(20-6)12(16)17)11(15)8-3-10(7(2)21-8)22(13,18)19/h3,6,9H,4-5H2,1-2H3,(H,16,17)(H2,13,18,19)/t6-,9?/m1/s1. The minimum Gasteiger partial charge on any atom is -0.479 e. The van der Waals surface area contributed by atoms with Crippen LogP contribution in [0.2, 0.25) is 0 Å². The summed E-state index contributed by atoms with van der Waals surface area (Å²) in [5.41, 5.74) is 0. The highest BCUT2D eigenvalue weighted by Crippen LogP contribution is 2.21. The first-order chi connectivity index (χ1) is 10.1. The molecule has 1 saturated heterocycles. The van der Waals surface area contributed by atoms with E-state index in [1.54, 1.807) is 6.92 Å². The maximum atomic E-state index is 12.4. The van der Waals surface area contributed by atoms with Crippen LogP contribution in [0.15, 0.2) is 15.4 Å². The van der Waals surface area contributed by atoms with Gasteiger partial charge in [0.05, 0.1) is 12.6 Å². The second-order valence-corrected chi connectivity index (χ2v) is 6.59. The Labute approximate surface area is 126 Å². The third-order valence-electron chi connectivity index (χ3n) is 3.21. The number of aryl methyl sites for hydroxylation is 1. The summed E-state index contributed by atoms with van der Waals surface area (Å²) in [7, 11) is -4.00. The van der Waals surface area contributed by atoms with E-state index in [0.29, 0.717) is 0 Å². The molecule has 0 aliphatic carbocycles. The fourth-order valence-electron chi connectivity index (χ4n) is 2.26. The van der Waals surface area contributed by atoms with Crippen LogP contribution in [0.1, 0.15) is 23.2 Å². The molecule has 0 saturated carbocycles. The van der Waals surface area contributed by atoms with Crippen LogP contribution in [0, 0.1) is 6.92 Å². The van der Waals surface area contributed by atoms with E-state index >= 15 is 0 Å². The maximum absolute atomic E-state index is 12.4. The lowest BCUT2D eigenvalue weighted by molar-refractivity contribution is -0.160. The van der Waals surface area contributed by atoms with Crippen molar-refractivity contribution in [2.75, 3.05) is 13.1 Å². The Bertz CT molecular complexity index is 709. The topological polar surface area (TPSA) is 140 Å². The summed E-state index contributed by atoms with van der Waals surface area (Å²) in [5.74, 6) is -1.99. The maximum Gasteiger partial charge on any atom is 0.334 e. The van der Waals surface area contributed by atoms with E-state index in [4.69, 9.17) is 19.4 Å². The third-order valence-corrected chi connectivity index (χ3v) is 4.23. The van der Waals surface area contributed by atoms with Crippen LogP contribution in [0.3, 0.4) is 0 Å². The first-order valence-corrected chi connectivity index (χ1v) is 7.95. The third kappa shape index (κ3) is 3.29. The molecule has 0 aromatic carbocycles. The van der Waals surface area contributed by atoms with Crippen molar-refractivity contribution in [3.8, 4) is 0 Å². The zero-order valence-corrected chi connectivity index (χ0v) is 12.8. The number of carbonyl (C=O) groups is 2. The Balaban J connectivity index is 2.26. The molecule has 2 atom stereocenters. The quantitative estimate of drug-likeness (QED) is 0.763. The average Bonchev–Trinajstić information content (AvgIpc) is 2.79. The van der Waals surface area contributed by atoms with Gasteiger partial charge in [-0.25, -0.2) is 18.4 Å². The van der Waals surface area contributed by atoms with Crippen molar-refractivity contribution < 1.29 is 32.3 Å². The number of amides is 1. The van der Waals surface area contributed by atoms with E-state index in [1.807, 2.05) is 0 Å². The van der Waals surface area contributed by atoms with Crippen molar-refractivity contribution in [1.82, 2.24) is 4.90 Å². The van der Waals surface area contributed by atoms with Crippen molar-refractivity contribution in [2.45, 2.75) is 31.0 Å². The first kappa shape index (κ1) is 16.5. The number of aliphatic carboxylic acids is 1. The summed E-state index contributed by atoms with van der Waals surface area (Å²) < 4.78 is 33.1. The van der Waals surface area contributed by atoms with E-state index < -0.39 is 34.1 Å². The highest BCUT2D eigenvalue weighted by molar-refractivity contribution is 7.89. The summed E-state index contributed by atoms with van der Waals surface area (Å²) >= 11 is 0. The number of hydrogen-bond acceptors (Lipinski definition) is 6. The van der Waals surface area contributed by atoms with Gasteiger partial charge in [-0.2, -0.15) is 0 Å². The number of carboxylic acids is 1. The molecular formula is C12H16N2O7S. The molecule has 1 aromatic rings. The molecule has 3 N–H and O–H groups in total. The average molecular weight is 332 g/mol. The smallest absolute Gasteiger partial charge is 0.334 e. The highest BCUT2D eigenvalue weighted by Gasteiger charge is 2.34. The molecule has 10 heteroatoms. The number of rotatable bonds is 3. The number of ether oxygens (including phenoxy) is 1. The van der Waals surface area contributed by atoms with Crippen LogP contribution < -0.4 is 5.14 Å². The Morgan fingerprint density at radius 3 is 2.55 bits per heavy atom. The van der Waals surface area contributed by atoms with Crippen LogP contribution in [-0.2, 0) is 19.6 Å². The van der Waals surface area contributed by atoms with E-state index in [1.165, 1.54) is 11.8 Å². The van der Waals surface area contributed by atoms with Gasteiger partial charge in [-0.3, -0.25) is 4.79 Å². The normalized spacial score (nSPS) is 22.6. The largest absolute Gasteiger partial charge is 0.479 e. The predicted molar refractivity (Wildman–Crippen MR) is 72.7 cm³/mol. The molecule has 1 amide bonds. The van der Waals surface area contributed by atoms with Crippen molar-refractivity contribution in [2.24, 2.45) is 5.14 Å². The molecule has 1 aliphatic rings. The minimum atomic E-state index is -4.00. The van der Waals surface area contributed by atoms with Crippen LogP contribution >= 0.6 is 0 Å². The lowest BCUT2D eigenvalue weighted by atomic mass is 10.2. The zero-order valence-electron chi connectivity index (χ0n) is 12.0. The molecule has 2 heterocycles. The summed E-state index contributed by atoms with van der Waals surface area (Å²) in [6.45, 7) is 3.03. The van der Waals surface area contributed by atoms with Gasteiger partial charge in [0.1, 0.15) is 10.7 Å². The Hall–Kier alpha value is -1.91. The number of nitrogens with two attached hydrogens (primary N) is 1. The van der Waals surface area contributed by atoms with E-state index in [2.05, 4.69) is 0 Å². The summed E-state index contributed by atoms with van der Waals surface area (Å²) in [4.78, 5) is 24.3. The Morgan fingerprint density at radius 1 is 1.41 bits per heavy atom. The lowest BCUT2D eigenvalue weighted by Crippen LogP contribution is -2.51. The fraction of sp³-hybridized carbons (Fsp3) is 0.500. The number of sulfonamides is 1. The highest BCUT2D eigenvalue weighted by atomic mass is 32.2. The van der Waals surface area contributed by atoms with Gasteiger partial charge >= 0.3 is 5.97 Å². The number of furan rings is 1. The van der Waals surface area contributed by atoms with E-state index in [0.717, 1.165) is 6.07 Å². The summed E-state index contributed by atoms with van der Waals surface area (Å²) in [6, 6.07) is 1.04. The first-order valence-electron chi connectivity index (χ1n) is 6.40. The molecule has 1 unspecified atom stereocenters. The number of primary sulfonamides is 1. The monoisotopic (exact) mass is 332 g/mol. The SMILES string of the molecule is Cc1oc(C(=O)N2CC(C(=O)O)O[C@H](C)C2)cc1S(N)(=O)=O. The molecule has 0 bridgehead atoms. The second kappa shape index (κ2) is 5.71. The minimum absolute atomic E-state index is 0.00180. The van der Waals surface area contributed by atoms with Gasteiger partial charge in [-0.1, -0.05) is 0 Å². The molecule has 1 aromatic heterocycles. The van der Waals surface area contributed by atoms with Gasteiger partial charge in [0, 0.05) is 12.6 Å². The van der Waals surface area contributed by atoms with Gasteiger partial charge in [0.25, 0.3) is 5.91 Å². The number of nitrogens with zero attached hydrogens (tertiary/aromatic N) is 1. The predicted octanol–water partition coefficient (Wildman–Crippen LogP) is -0.450. The van der Waals surface area contributed by atoms with Crippen LogP contribution in [0.5, 0.6) is 0 Å². The number of carbonyl (C=O) groups excluding carboxylic acids is 1. The van der Waals surface area contributed by atoms with Gasteiger partial charge in [0.2, 0.25) is 10.0 Å². The second-order valence-electron chi connectivity index (χ2n) is 5.06. The van der Waals surface area contributed by atoms with E-state index in [9.17, 15) is 18.0 Å². The molecule has 122 valence electrons. The molecule has 1 fully saturated rings. The summed E-state index contributed by atoms with van der Waals surface area (Å²) in [5, 5.41) is 14.0.